The molecule has 36 heavy (non-hydrogen) atoms. The van der Waals surface area contributed by atoms with Crippen molar-refractivity contribution in [2.45, 2.75) is 44.2 Å². The Morgan fingerprint density at radius 3 is 2.61 bits per heavy atom. The van der Waals surface area contributed by atoms with Gasteiger partial charge in [-0.05, 0) is 56.4 Å². The van der Waals surface area contributed by atoms with Gasteiger partial charge in [0.2, 0.25) is 0 Å². The predicted molar refractivity (Wildman–Crippen MR) is 133 cm³/mol. The maximum absolute atomic E-state index is 13.0. The first-order valence-electron chi connectivity index (χ1n) is 12.6. The van der Waals surface area contributed by atoms with Crippen LogP contribution < -0.4 is 4.74 Å². The quantitative estimate of drug-likeness (QED) is 0.550. The van der Waals surface area contributed by atoms with Gasteiger partial charge in [0, 0.05) is 30.8 Å². The van der Waals surface area contributed by atoms with Gasteiger partial charge in [-0.2, -0.15) is 5.10 Å². The summed E-state index contributed by atoms with van der Waals surface area (Å²) < 4.78 is 5.68. The number of amides is 2. The number of nitrogens with one attached hydrogen (secondary N) is 1. The average molecular weight is 490 g/mol. The number of H-pyrrole nitrogens is 1. The molecule has 5 rings (SSSR count). The van der Waals surface area contributed by atoms with E-state index < -0.39 is 0 Å². The summed E-state index contributed by atoms with van der Waals surface area (Å²) in [6, 6.07) is 16.4. The lowest BCUT2D eigenvalue weighted by molar-refractivity contribution is -0.137. The van der Waals surface area contributed by atoms with E-state index in [1.807, 2.05) is 47.4 Å². The largest absolute Gasteiger partial charge is 0.484 e. The summed E-state index contributed by atoms with van der Waals surface area (Å²) in [5.41, 5.74) is 1.31. The molecule has 9 heteroatoms. The number of aliphatic hydroxyl groups excluding tert-OH is 1. The summed E-state index contributed by atoms with van der Waals surface area (Å²) in [7, 11) is 0. The van der Waals surface area contributed by atoms with Gasteiger partial charge in [-0.25, -0.2) is 4.98 Å². The molecule has 0 unspecified atom stereocenters. The first kappa shape index (κ1) is 24.0. The number of hydrogen-bond acceptors (Lipinski definition) is 6. The molecule has 0 saturated carbocycles. The summed E-state index contributed by atoms with van der Waals surface area (Å²) in [5.74, 6) is 1.66. The van der Waals surface area contributed by atoms with Crippen LogP contribution in [0, 0.1) is 0 Å². The van der Waals surface area contributed by atoms with E-state index in [9.17, 15) is 14.7 Å². The number of hydrogen-bond donors (Lipinski definition) is 2. The van der Waals surface area contributed by atoms with Crippen molar-refractivity contribution in [2.75, 3.05) is 26.2 Å². The van der Waals surface area contributed by atoms with Gasteiger partial charge in [0.15, 0.2) is 12.4 Å². The van der Waals surface area contributed by atoms with E-state index in [0.29, 0.717) is 55.4 Å². The van der Waals surface area contributed by atoms with E-state index in [1.54, 1.807) is 17.0 Å². The number of aliphatic hydroxyl groups is 1. The van der Waals surface area contributed by atoms with Crippen LogP contribution in [0.25, 0.3) is 11.4 Å². The first-order valence-corrected chi connectivity index (χ1v) is 12.6. The third-order valence-corrected chi connectivity index (χ3v) is 6.87. The van der Waals surface area contributed by atoms with E-state index in [-0.39, 0.29) is 30.6 Å². The van der Waals surface area contributed by atoms with Crippen LogP contribution in [-0.2, 0) is 4.79 Å². The molecule has 188 valence electrons. The number of carbonyl (C=O) groups excluding carboxylic acids is 2. The summed E-state index contributed by atoms with van der Waals surface area (Å²) in [5, 5.41) is 17.2. The zero-order valence-corrected chi connectivity index (χ0v) is 20.2. The minimum atomic E-state index is -0.330. The van der Waals surface area contributed by atoms with Gasteiger partial charge in [-0.3, -0.25) is 14.7 Å². The summed E-state index contributed by atoms with van der Waals surface area (Å²) in [6.07, 6.45) is 3.60. The summed E-state index contributed by atoms with van der Waals surface area (Å²) in [6.45, 7) is 1.72. The molecule has 1 aromatic heterocycles. The number of likely N-dealkylation sites (tertiary alicyclic amines) is 2. The van der Waals surface area contributed by atoms with Crippen LogP contribution in [0.15, 0.2) is 54.6 Å². The van der Waals surface area contributed by atoms with E-state index in [1.165, 1.54) is 0 Å². The molecule has 3 aromatic rings. The Hall–Kier alpha value is -3.72. The Morgan fingerprint density at radius 1 is 1.00 bits per heavy atom. The molecule has 0 spiro atoms. The van der Waals surface area contributed by atoms with Crippen molar-refractivity contribution in [3.63, 3.8) is 0 Å². The third kappa shape index (κ3) is 5.41. The Kier molecular flexibility index (Phi) is 7.27. The summed E-state index contributed by atoms with van der Waals surface area (Å²) >= 11 is 0. The molecule has 2 N–H and O–H groups in total. The molecule has 2 aliphatic heterocycles. The third-order valence-electron chi connectivity index (χ3n) is 6.87. The number of carbonyl (C=O) groups is 2. The van der Waals surface area contributed by atoms with Crippen LogP contribution in [0.4, 0.5) is 0 Å². The lowest BCUT2D eigenvalue weighted by atomic mass is 10.0. The number of piperidine rings is 2. The molecule has 2 aliphatic rings. The second-order valence-corrected chi connectivity index (χ2v) is 9.35. The molecular formula is C27H31N5O4. The molecule has 9 nitrogen and oxygen atoms in total. The number of nitrogens with zero attached hydrogens (tertiary/aromatic N) is 4. The van der Waals surface area contributed by atoms with Gasteiger partial charge in [0.25, 0.3) is 11.8 Å². The minimum Gasteiger partial charge on any atom is -0.484 e. The van der Waals surface area contributed by atoms with Gasteiger partial charge in [-0.1, -0.05) is 30.3 Å². The van der Waals surface area contributed by atoms with Crippen molar-refractivity contribution < 1.29 is 19.4 Å². The molecule has 2 fully saturated rings. The van der Waals surface area contributed by atoms with E-state index >= 15 is 0 Å². The van der Waals surface area contributed by atoms with Gasteiger partial charge in [-0.15, -0.1) is 0 Å². The monoisotopic (exact) mass is 489 g/mol. The van der Waals surface area contributed by atoms with Crippen molar-refractivity contribution in [3.05, 3.63) is 66.0 Å². The number of ether oxygens (including phenoxy) is 1. The normalized spacial score (nSPS) is 18.8. The number of para-hydroxylation sites is 1. The second kappa shape index (κ2) is 10.9. The van der Waals surface area contributed by atoms with Crippen molar-refractivity contribution in [2.24, 2.45) is 0 Å². The van der Waals surface area contributed by atoms with Gasteiger partial charge in [0.1, 0.15) is 11.6 Å². The van der Waals surface area contributed by atoms with E-state index in [0.717, 1.165) is 24.8 Å². The highest BCUT2D eigenvalue weighted by atomic mass is 16.5. The zero-order valence-electron chi connectivity index (χ0n) is 20.2. The molecule has 3 heterocycles. The van der Waals surface area contributed by atoms with Gasteiger partial charge >= 0.3 is 0 Å². The Morgan fingerprint density at radius 2 is 1.81 bits per heavy atom. The fourth-order valence-corrected chi connectivity index (χ4v) is 4.85. The van der Waals surface area contributed by atoms with Crippen molar-refractivity contribution in [3.8, 4) is 17.1 Å². The number of benzene rings is 2. The molecule has 0 radical (unpaired) electrons. The minimum absolute atomic E-state index is 0.0286. The van der Waals surface area contributed by atoms with Crippen LogP contribution in [0.5, 0.6) is 5.75 Å². The molecular weight excluding hydrogens is 458 g/mol. The van der Waals surface area contributed by atoms with Crippen molar-refractivity contribution >= 4 is 11.8 Å². The Labute approximate surface area is 210 Å². The fourth-order valence-electron chi connectivity index (χ4n) is 4.85. The van der Waals surface area contributed by atoms with Crippen LogP contribution in [0.3, 0.4) is 0 Å². The zero-order chi connectivity index (χ0) is 24.9. The van der Waals surface area contributed by atoms with E-state index in [4.69, 9.17) is 9.72 Å². The molecule has 2 amide bonds. The van der Waals surface area contributed by atoms with Crippen LogP contribution in [0.1, 0.15) is 54.3 Å². The van der Waals surface area contributed by atoms with Crippen LogP contribution >= 0.6 is 0 Å². The SMILES string of the molecule is O=C(c1cccc(-c2n[nH]c([C@H]3CCCCN3C(=O)COc3ccccc3)n2)c1)N1CCC(O)CC1. The maximum Gasteiger partial charge on any atom is 0.261 e. The van der Waals surface area contributed by atoms with Gasteiger partial charge < -0.3 is 19.6 Å². The first-order chi connectivity index (χ1) is 17.6. The topological polar surface area (TPSA) is 112 Å². The van der Waals surface area contributed by atoms with Crippen LogP contribution in [0.2, 0.25) is 0 Å². The molecule has 2 saturated heterocycles. The highest BCUT2D eigenvalue weighted by molar-refractivity contribution is 5.95. The van der Waals surface area contributed by atoms with Crippen LogP contribution in [-0.4, -0.2) is 74.2 Å². The Bertz CT molecular complexity index is 1190. The average Bonchev–Trinajstić information content (AvgIpc) is 3.43. The fraction of sp³-hybridized carbons (Fsp3) is 0.407. The maximum atomic E-state index is 13.0. The lowest BCUT2D eigenvalue weighted by Gasteiger charge is -2.34. The number of aromatic amines is 1. The lowest BCUT2D eigenvalue weighted by Crippen LogP contribution is -2.41. The number of aromatic nitrogens is 3. The molecule has 0 aliphatic carbocycles. The second-order valence-electron chi connectivity index (χ2n) is 9.35. The number of rotatable bonds is 6. The smallest absolute Gasteiger partial charge is 0.261 e. The summed E-state index contributed by atoms with van der Waals surface area (Å²) in [4.78, 5) is 34.3. The highest BCUT2D eigenvalue weighted by Crippen LogP contribution is 2.30. The highest BCUT2D eigenvalue weighted by Gasteiger charge is 2.31. The predicted octanol–water partition coefficient (Wildman–Crippen LogP) is 3.20. The standard InChI is InChI=1S/C27H31N5O4/c33-21-12-15-31(16-13-21)27(35)20-8-6-7-19(17-20)25-28-26(30-29-25)23-11-4-5-14-32(23)24(34)18-36-22-9-2-1-3-10-22/h1-3,6-10,17,21,23,33H,4-5,11-16,18H2,(H,28,29,30)/t23-/m1/s1. The van der Waals surface area contributed by atoms with Gasteiger partial charge in [0.05, 0.1) is 12.1 Å². The van der Waals surface area contributed by atoms with Crippen molar-refractivity contribution in [1.29, 1.82) is 0 Å². The van der Waals surface area contributed by atoms with Crippen molar-refractivity contribution in [1.82, 2.24) is 25.0 Å². The molecule has 0 bridgehead atoms. The Balaban J connectivity index is 1.28. The van der Waals surface area contributed by atoms with E-state index in [2.05, 4.69) is 10.2 Å². The molecule has 2 aromatic carbocycles. The molecule has 1 atom stereocenters.